The van der Waals surface area contributed by atoms with Gasteiger partial charge in [-0.05, 0) is 71.4 Å². The summed E-state index contributed by atoms with van der Waals surface area (Å²) in [6.07, 6.45) is 4.99. The summed E-state index contributed by atoms with van der Waals surface area (Å²) in [6.45, 7) is 24.4. The molecule has 2 unspecified atom stereocenters. The lowest BCUT2D eigenvalue weighted by Gasteiger charge is -2.50. The Morgan fingerprint density at radius 3 is 1.61 bits per heavy atom. The molecule has 2 aliphatic heterocycles. The zero-order valence-corrected chi connectivity index (χ0v) is 46.6. The average molecular weight is 996 g/mol. The normalized spacial score (nSPS) is 22.5. The minimum atomic E-state index is -3.21. The largest absolute Gasteiger partial charge is 0.407 e. The van der Waals surface area contributed by atoms with E-state index in [4.69, 9.17) is 37.3 Å². The maximum Gasteiger partial charge on any atom is 0.261 e. The van der Waals surface area contributed by atoms with Crippen LogP contribution in [0.4, 0.5) is 0 Å². The number of carbonyl (C=O) groups excluding carboxylic acids is 1. The van der Waals surface area contributed by atoms with Gasteiger partial charge in [-0.25, -0.2) is 0 Å². The minimum absolute atomic E-state index is 0.115. The van der Waals surface area contributed by atoms with Crippen LogP contribution in [0.5, 0.6) is 0 Å². The quantitative estimate of drug-likeness (QED) is 0.0387. The van der Waals surface area contributed by atoms with Crippen molar-refractivity contribution in [2.24, 2.45) is 5.92 Å². The van der Waals surface area contributed by atoms with Crippen LogP contribution in [0, 0.1) is 5.92 Å². The third-order valence-corrected chi connectivity index (χ3v) is 24.4. The van der Waals surface area contributed by atoms with Crippen LogP contribution in [0.1, 0.15) is 134 Å². The Morgan fingerprint density at radius 2 is 1.14 bits per heavy atom. The topological polar surface area (TPSA) is 90.9 Å². The molecule has 9 nitrogen and oxygen atoms in total. The molecule has 0 aromatic heterocycles. The maximum atomic E-state index is 12.2. The second kappa shape index (κ2) is 25.1. The molecule has 8 atom stereocenters. The van der Waals surface area contributed by atoms with Gasteiger partial charge in [0.25, 0.3) is 16.6 Å². The number of benzene rings is 4. The van der Waals surface area contributed by atoms with Crippen molar-refractivity contribution in [2.75, 3.05) is 20.5 Å². The Labute approximate surface area is 423 Å². The summed E-state index contributed by atoms with van der Waals surface area (Å²) in [5, 5.41) is 4.31. The summed E-state index contributed by atoms with van der Waals surface area (Å²) in [5.74, 6) is -1.03. The highest BCUT2D eigenvalue weighted by atomic mass is 28.4. The molecule has 2 heterocycles. The lowest BCUT2D eigenvalue weighted by atomic mass is 9.87. The van der Waals surface area contributed by atoms with E-state index in [2.05, 4.69) is 170 Å². The first-order valence-corrected chi connectivity index (χ1v) is 29.9. The lowest BCUT2D eigenvalue weighted by molar-refractivity contribution is -0.312. The van der Waals surface area contributed by atoms with E-state index in [1.807, 2.05) is 20.8 Å². The van der Waals surface area contributed by atoms with Gasteiger partial charge < -0.3 is 37.3 Å². The van der Waals surface area contributed by atoms with E-state index in [0.29, 0.717) is 38.7 Å². The summed E-state index contributed by atoms with van der Waals surface area (Å²) in [6, 6.07) is 43.7. The Morgan fingerprint density at radius 1 is 0.671 bits per heavy atom. The summed E-state index contributed by atoms with van der Waals surface area (Å²) >= 11 is 0. The van der Waals surface area contributed by atoms with Crippen LogP contribution in [0.3, 0.4) is 0 Å². The van der Waals surface area contributed by atoms with Gasteiger partial charge in [-0.15, -0.1) is 0 Å². The number of rotatable bonds is 24. The molecule has 2 fully saturated rings. The number of unbranched alkanes of at least 4 members (excludes halogenated alkanes) is 2. The highest BCUT2D eigenvalue weighted by molar-refractivity contribution is 7.00. The van der Waals surface area contributed by atoms with Gasteiger partial charge in [-0.3, -0.25) is 4.79 Å². The molecule has 4 aromatic rings. The van der Waals surface area contributed by atoms with Gasteiger partial charge in [0.1, 0.15) is 12.6 Å². The van der Waals surface area contributed by atoms with E-state index < -0.39 is 34.8 Å². The molecule has 11 heteroatoms. The van der Waals surface area contributed by atoms with Crippen LogP contribution >= 0.6 is 0 Å². The number of hydrogen-bond acceptors (Lipinski definition) is 9. The van der Waals surface area contributed by atoms with Crippen molar-refractivity contribution in [3.8, 4) is 0 Å². The molecule has 0 amide bonds. The lowest BCUT2D eigenvalue weighted by Crippen LogP contribution is -2.69. The zero-order valence-electron chi connectivity index (χ0n) is 44.6. The fourth-order valence-corrected chi connectivity index (χ4v) is 20.8. The predicted molar refractivity (Wildman–Crippen MR) is 287 cm³/mol. The standard InChI is InChI=1S/C59H86O9Si2/c1-13-14-19-36-55(62-43-61-12)54(42-63-69(57(4,5)6,50-28-20-15-21-29-50)51-30-22-16-23-31-51)56(68-70(58(7,8)9,52-32-24-17-25-33-52)53-34-26-18-27-35-53)41-49-40-48(66-59(10,11)67-49)39-47-38-46(37-44(2)60)64-45(3)65-47/h15-18,20-35,45-49,54-56H,13-14,19,36-43H2,1-12H3/t45-,46+,47-,48?,49?,54+,55+,56-/m0/s1. The fraction of sp³-hybridized carbons (Fsp3) is 0.576. The van der Waals surface area contributed by atoms with Gasteiger partial charge in [0.2, 0.25) is 0 Å². The van der Waals surface area contributed by atoms with Crippen molar-refractivity contribution in [1.82, 2.24) is 0 Å². The smallest absolute Gasteiger partial charge is 0.261 e. The van der Waals surface area contributed by atoms with Gasteiger partial charge >= 0.3 is 0 Å². The molecule has 0 spiro atoms. The Hall–Kier alpha value is -3.34. The van der Waals surface area contributed by atoms with E-state index in [1.165, 1.54) is 20.7 Å². The van der Waals surface area contributed by atoms with Crippen molar-refractivity contribution in [3.05, 3.63) is 121 Å². The van der Waals surface area contributed by atoms with Gasteiger partial charge in [-0.2, -0.15) is 0 Å². The Kier molecular flexibility index (Phi) is 20.0. The van der Waals surface area contributed by atoms with Gasteiger partial charge in [-0.1, -0.05) is 189 Å². The number of hydrogen-bond donors (Lipinski definition) is 0. The molecule has 6 rings (SSSR count). The van der Waals surface area contributed by atoms with Crippen LogP contribution < -0.4 is 20.7 Å². The Bertz CT molecular complexity index is 2070. The molecule has 0 aliphatic carbocycles. The Balaban J connectivity index is 1.54. The zero-order chi connectivity index (χ0) is 50.6. The summed E-state index contributed by atoms with van der Waals surface area (Å²) in [4.78, 5) is 12.2. The van der Waals surface area contributed by atoms with Crippen LogP contribution in [0.15, 0.2) is 121 Å². The highest BCUT2D eigenvalue weighted by Crippen LogP contribution is 2.43. The van der Waals surface area contributed by atoms with Crippen molar-refractivity contribution in [1.29, 1.82) is 0 Å². The fourth-order valence-electron chi connectivity index (χ4n) is 11.5. The van der Waals surface area contributed by atoms with Crippen LogP contribution in [0.2, 0.25) is 10.1 Å². The number of carbonyl (C=O) groups is 1. The second-order valence-electron chi connectivity index (χ2n) is 22.4. The van der Waals surface area contributed by atoms with Crippen molar-refractivity contribution in [2.45, 2.75) is 193 Å². The van der Waals surface area contributed by atoms with E-state index >= 15 is 0 Å². The molecule has 0 radical (unpaired) electrons. The summed E-state index contributed by atoms with van der Waals surface area (Å²) in [7, 11) is -4.56. The average Bonchev–Trinajstić information content (AvgIpc) is 3.30. The number of ether oxygens (including phenoxy) is 6. The van der Waals surface area contributed by atoms with E-state index in [1.54, 1.807) is 14.0 Å². The predicted octanol–water partition coefficient (Wildman–Crippen LogP) is 10.9. The van der Waals surface area contributed by atoms with Gasteiger partial charge in [0.15, 0.2) is 12.1 Å². The third-order valence-electron chi connectivity index (χ3n) is 14.4. The first-order valence-electron chi connectivity index (χ1n) is 26.1. The molecule has 0 saturated carbocycles. The van der Waals surface area contributed by atoms with Gasteiger partial charge in [0.05, 0.1) is 36.6 Å². The number of ketones is 1. The molecular formula is C59H86O9Si2. The molecule has 4 aromatic carbocycles. The monoisotopic (exact) mass is 995 g/mol. The SMILES string of the molecule is CCCCC[C@@H](OCOC)[C@@H](CO[Si](c1ccccc1)(c1ccccc1)C(C)(C)C)[C@H](CC1CC(C[C@@H]2C[C@@H](CC(C)=O)O[C@H](C)O2)OC(C)(C)O1)O[Si](c1ccccc1)(c1ccccc1)C(C)(C)C. The molecule has 384 valence electrons. The van der Waals surface area contributed by atoms with Gasteiger partial charge in [0, 0.05) is 45.3 Å². The van der Waals surface area contributed by atoms with Crippen LogP contribution in [0.25, 0.3) is 0 Å². The van der Waals surface area contributed by atoms with Crippen molar-refractivity contribution < 1.29 is 42.1 Å². The van der Waals surface area contributed by atoms with E-state index in [-0.39, 0.29) is 59.1 Å². The van der Waals surface area contributed by atoms with E-state index in [9.17, 15) is 4.79 Å². The summed E-state index contributed by atoms with van der Waals surface area (Å²) < 4.78 is 55.6. The molecule has 70 heavy (non-hydrogen) atoms. The second-order valence-corrected chi connectivity index (χ2v) is 30.9. The molecule has 2 aliphatic rings. The van der Waals surface area contributed by atoms with Crippen molar-refractivity contribution in [3.63, 3.8) is 0 Å². The summed E-state index contributed by atoms with van der Waals surface area (Å²) in [5.41, 5.74) is 0. The minimum Gasteiger partial charge on any atom is -0.407 e. The van der Waals surface area contributed by atoms with Crippen molar-refractivity contribution >= 4 is 43.2 Å². The third kappa shape index (κ3) is 14.0. The van der Waals surface area contributed by atoms with Crippen LogP contribution in [-0.2, 0) is 42.1 Å². The number of Topliss-reactive ketones (excluding diaryl/α,β-unsaturated/α-hetero) is 1. The molecular weight excluding hydrogens is 909 g/mol. The first-order chi connectivity index (χ1) is 33.3. The van der Waals surface area contributed by atoms with Crippen LogP contribution in [-0.4, -0.2) is 91.6 Å². The molecule has 0 N–H and O–H groups in total. The first kappa shape index (κ1) is 56.0. The maximum absolute atomic E-state index is 12.2. The number of methoxy groups -OCH3 is 1. The molecule has 0 bridgehead atoms. The molecule has 2 saturated heterocycles. The van der Waals surface area contributed by atoms with E-state index in [0.717, 1.165) is 25.7 Å². The highest BCUT2D eigenvalue weighted by Gasteiger charge is 2.55.